The van der Waals surface area contributed by atoms with Gasteiger partial charge in [-0.3, -0.25) is 0 Å². The summed E-state index contributed by atoms with van der Waals surface area (Å²) in [5.74, 6) is 0.391. The van der Waals surface area contributed by atoms with Gasteiger partial charge in [0.15, 0.2) is 0 Å². The topological polar surface area (TPSA) is 20.2 Å². The minimum atomic E-state index is 0.272. The van der Waals surface area contributed by atoms with Gasteiger partial charge in [-0.05, 0) is 5.56 Å². The summed E-state index contributed by atoms with van der Waals surface area (Å²) in [6.07, 6.45) is 2.34. The first-order valence-corrected chi connectivity index (χ1v) is 5.69. The summed E-state index contributed by atoms with van der Waals surface area (Å²) in [5, 5.41) is 9.74. The molecule has 1 aliphatic rings. The third-order valence-corrected chi connectivity index (χ3v) is 3.59. The van der Waals surface area contributed by atoms with E-state index in [0.29, 0.717) is 12.2 Å². The van der Waals surface area contributed by atoms with E-state index in [-0.39, 0.29) is 5.25 Å². The maximum Gasteiger partial charge on any atom is 0.0956 e. The lowest BCUT2D eigenvalue weighted by molar-refractivity contribution is 0.387. The van der Waals surface area contributed by atoms with Gasteiger partial charge in [-0.25, -0.2) is 0 Å². The van der Waals surface area contributed by atoms with Gasteiger partial charge < -0.3 is 5.11 Å². The van der Waals surface area contributed by atoms with Crippen molar-refractivity contribution in [1.82, 2.24) is 0 Å². The monoisotopic (exact) mass is 222 g/mol. The summed E-state index contributed by atoms with van der Waals surface area (Å²) in [5.41, 5.74) is 1.22. The summed E-state index contributed by atoms with van der Waals surface area (Å²) in [4.78, 5) is 0. The third-order valence-electron chi connectivity index (χ3n) is 2.11. The molecule has 3 heteroatoms. The van der Waals surface area contributed by atoms with Crippen LogP contribution in [0.4, 0.5) is 0 Å². The summed E-state index contributed by atoms with van der Waals surface area (Å²) >= 11 is 6.72. The minimum Gasteiger partial charge on any atom is -0.512 e. The van der Waals surface area contributed by atoms with Crippen LogP contribution in [0.25, 0.3) is 0 Å². The fraction of sp³-hybridized carbons (Fsp3) is 0.182. The summed E-state index contributed by atoms with van der Waals surface area (Å²) in [6.45, 7) is 0. The first-order chi connectivity index (χ1) is 6.75. The van der Waals surface area contributed by atoms with Crippen molar-refractivity contribution < 1.29 is 5.11 Å². The molecule has 1 heterocycles. The molecular formula is C11H10OS2. The zero-order valence-corrected chi connectivity index (χ0v) is 9.15. The van der Waals surface area contributed by atoms with Gasteiger partial charge in [0.1, 0.15) is 0 Å². The van der Waals surface area contributed by atoms with Crippen LogP contribution < -0.4 is 0 Å². The second-order valence-corrected chi connectivity index (χ2v) is 5.12. The Hall–Kier alpha value is -0.800. The van der Waals surface area contributed by atoms with Crippen molar-refractivity contribution in [2.24, 2.45) is 0 Å². The van der Waals surface area contributed by atoms with Gasteiger partial charge in [-0.15, -0.1) is 11.8 Å². The molecule has 14 heavy (non-hydrogen) atoms. The van der Waals surface area contributed by atoms with Crippen molar-refractivity contribution in [3.05, 3.63) is 47.7 Å². The fourth-order valence-corrected chi connectivity index (χ4v) is 2.97. The molecule has 2 rings (SSSR count). The number of thiocarbonyl (C=S) groups is 1. The number of hydrogen-bond donors (Lipinski definition) is 1. The highest BCUT2D eigenvalue weighted by Crippen LogP contribution is 2.38. The quantitative estimate of drug-likeness (QED) is 0.733. The Labute approximate surface area is 92.8 Å². The van der Waals surface area contributed by atoms with Crippen molar-refractivity contribution in [2.75, 3.05) is 0 Å². The molecule has 1 aromatic carbocycles. The summed E-state index contributed by atoms with van der Waals surface area (Å²) < 4.78 is 0.766. The summed E-state index contributed by atoms with van der Waals surface area (Å²) in [6, 6.07) is 10.1. The molecule has 0 saturated carbocycles. The van der Waals surface area contributed by atoms with Gasteiger partial charge in [-0.1, -0.05) is 42.5 Å². The maximum atomic E-state index is 9.47. The average Bonchev–Trinajstić information content (AvgIpc) is 2.18. The summed E-state index contributed by atoms with van der Waals surface area (Å²) in [7, 11) is 0. The van der Waals surface area contributed by atoms with Gasteiger partial charge in [0.05, 0.1) is 9.96 Å². The van der Waals surface area contributed by atoms with Gasteiger partial charge in [-0.2, -0.15) is 0 Å². The first-order valence-electron chi connectivity index (χ1n) is 4.41. The SMILES string of the molecule is OC1=CC(=S)S[C@H](c2ccccc2)C1. The van der Waals surface area contributed by atoms with Crippen molar-refractivity contribution >= 4 is 28.2 Å². The third kappa shape index (κ3) is 2.16. The Morgan fingerprint density at radius 1 is 1.29 bits per heavy atom. The van der Waals surface area contributed by atoms with E-state index in [4.69, 9.17) is 12.2 Å². The van der Waals surface area contributed by atoms with Crippen LogP contribution in [0.3, 0.4) is 0 Å². The van der Waals surface area contributed by atoms with E-state index < -0.39 is 0 Å². The Morgan fingerprint density at radius 3 is 2.64 bits per heavy atom. The van der Waals surface area contributed by atoms with Gasteiger partial charge >= 0.3 is 0 Å². The molecule has 0 radical (unpaired) electrons. The van der Waals surface area contributed by atoms with Crippen LogP contribution in [0.2, 0.25) is 0 Å². The molecule has 72 valence electrons. The molecule has 1 nitrogen and oxygen atoms in total. The predicted octanol–water partition coefficient (Wildman–Crippen LogP) is 3.63. The molecule has 0 saturated heterocycles. The lowest BCUT2D eigenvalue weighted by Crippen LogP contribution is -2.05. The van der Waals surface area contributed by atoms with E-state index in [0.717, 1.165) is 4.20 Å². The average molecular weight is 222 g/mol. The number of rotatable bonds is 1. The van der Waals surface area contributed by atoms with E-state index in [1.165, 1.54) is 5.56 Å². The van der Waals surface area contributed by atoms with Crippen molar-refractivity contribution in [1.29, 1.82) is 0 Å². The van der Waals surface area contributed by atoms with Crippen LogP contribution in [0.15, 0.2) is 42.2 Å². The zero-order valence-electron chi connectivity index (χ0n) is 7.51. The van der Waals surface area contributed by atoms with Crippen molar-refractivity contribution in [3.63, 3.8) is 0 Å². The largest absolute Gasteiger partial charge is 0.512 e. The van der Waals surface area contributed by atoms with E-state index in [1.807, 2.05) is 18.2 Å². The van der Waals surface area contributed by atoms with Crippen LogP contribution in [-0.2, 0) is 0 Å². The molecule has 1 aliphatic heterocycles. The number of hydrogen-bond acceptors (Lipinski definition) is 3. The van der Waals surface area contributed by atoms with Crippen molar-refractivity contribution in [3.8, 4) is 0 Å². The molecule has 0 aromatic heterocycles. The molecule has 1 aromatic rings. The zero-order chi connectivity index (χ0) is 9.97. The Morgan fingerprint density at radius 2 is 2.00 bits per heavy atom. The van der Waals surface area contributed by atoms with Gasteiger partial charge in [0.25, 0.3) is 0 Å². The molecule has 0 unspecified atom stereocenters. The number of allylic oxidation sites excluding steroid dienone is 1. The number of aliphatic hydroxyl groups excluding tert-OH is 1. The Bertz CT molecular complexity index is 370. The number of thioether (sulfide) groups is 1. The molecule has 0 amide bonds. The first kappa shape index (κ1) is 9.74. The lowest BCUT2D eigenvalue weighted by Gasteiger charge is -2.20. The van der Waals surface area contributed by atoms with Crippen LogP contribution >= 0.6 is 24.0 Å². The number of aliphatic hydroxyl groups is 1. The fourth-order valence-electron chi connectivity index (χ4n) is 1.45. The second kappa shape index (κ2) is 4.15. The molecule has 0 bridgehead atoms. The highest BCUT2D eigenvalue weighted by molar-refractivity contribution is 8.23. The van der Waals surface area contributed by atoms with E-state index in [9.17, 15) is 5.11 Å². The molecular weight excluding hydrogens is 212 g/mol. The highest BCUT2D eigenvalue weighted by atomic mass is 32.2. The van der Waals surface area contributed by atoms with Gasteiger partial charge in [0, 0.05) is 17.7 Å². The molecule has 0 spiro atoms. The molecule has 1 N–H and O–H groups in total. The molecule has 1 atom stereocenters. The van der Waals surface area contributed by atoms with Crippen LogP contribution in [0, 0.1) is 0 Å². The van der Waals surface area contributed by atoms with Crippen molar-refractivity contribution in [2.45, 2.75) is 11.7 Å². The normalized spacial score (nSPS) is 21.9. The Balaban J connectivity index is 2.22. The van der Waals surface area contributed by atoms with E-state index in [1.54, 1.807) is 17.8 Å². The standard InChI is InChI=1S/C11H10OS2/c12-9-6-10(14-11(13)7-9)8-4-2-1-3-5-8/h1-5,7,10,12H,6H2/t10-/m0/s1. The number of benzene rings is 1. The Kier molecular flexibility index (Phi) is 2.89. The minimum absolute atomic E-state index is 0.272. The smallest absolute Gasteiger partial charge is 0.0956 e. The molecule has 0 aliphatic carbocycles. The maximum absolute atomic E-state index is 9.47. The van der Waals surface area contributed by atoms with Crippen LogP contribution in [0.5, 0.6) is 0 Å². The predicted molar refractivity (Wildman–Crippen MR) is 64.7 cm³/mol. The van der Waals surface area contributed by atoms with E-state index in [2.05, 4.69) is 12.1 Å². The second-order valence-electron chi connectivity index (χ2n) is 3.18. The lowest BCUT2D eigenvalue weighted by atomic mass is 10.1. The van der Waals surface area contributed by atoms with E-state index >= 15 is 0 Å². The highest BCUT2D eigenvalue weighted by Gasteiger charge is 2.20. The van der Waals surface area contributed by atoms with Crippen LogP contribution in [0.1, 0.15) is 17.2 Å². The van der Waals surface area contributed by atoms with Crippen LogP contribution in [-0.4, -0.2) is 9.30 Å². The van der Waals surface area contributed by atoms with Gasteiger partial charge in [0.2, 0.25) is 0 Å². The molecule has 0 fully saturated rings.